The highest BCUT2D eigenvalue weighted by Crippen LogP contribution is 2.22. The zero-order valence-corrected chi connectivity index (χ0v) is 14.3. The summed E-state index contributed by atoms with van der Waals surface area (Å²) in [6, 6.07) is 12.7. The first-order chi connectivity index (χ1) is 13.0. The Bertz CT molecular complexity index is 890. The third-order valence-corrected chi connectivity index (χ3v) is 4.02. The van der Waals surface area contributed by atoms with Crippen LogP contribution in [0.1, 0.15) is 31.1 Å². The third-order valence-electron chi connectivity index (χ3n) is 4.02. The molecular weight excluding hydrogens is 350 g/mol. The van der Waals surface area contributed by atoms with Crippen molar-refractivity contribution in [3.63, 3.8) is 0 Å². The Balaban J connectivity index is 1.72. The van der Waals surface area contributed by atoms with Crippen LogP contribution in [0.3, 0.4) is 0 Å². The van der Waals surface area contributed by atoms with E-state index in [9.17, 15) is 19.2 Å². The monoisotopic (exact) mass is 367 g/mol. The van der Waals surface area contributed by atoms with Gasteiger partial charge in [-0.1, -0.05) is 24.3 Å². The molecule has 1 heterocycles. The molecule has 0 saturated carbocycles. The number of aliphatic hydroxyl groups excluding tert-OH is 1. The summed E-state index contributed by atoms with van der Waals surface area (Å²) >= 11 is 0. The van der Waals surface area contributed by atoms with Crippen molar-refractivity contribution in [2.45, 2.75) is 0 Å². The Labute approximate surface area is 154 Å². The number of hydrogen-bond donors (Lipinski definition) is 3. The van der Waals surface area contributed by atoms with Crippen molar-refractivity contribution in [2.75, 3.05) is 25.0 Å². The van der Waals surface area contributed by atoms with Gasteiger partial charge in [-0.25, -0.2) is 0 Å². The first-order valence-corrected chi connectivity index (χ1v) is 8.26. The lowest BCUT2D eigenvalue weighted by Gasteiger charge is -2.15. The van der Waals surface area contributed by atoms with E-state index in [-0.39, 0.29) is 35.5 Å². The summed E-state index contributed by atoms with van der Waals surface area (Å²) in [4.78, 5) is 50.0. The minimum absolute atomic E-state index is 0.0795. The Hall–Kier alpha value is -3.52. The van der Waals surface area contributed by atoms with Crippen LogP contribution in [0.2, 0.25) is 0 Å². The average Bonchev–Trinajstić information content (AvgIpc) is 2.91. The molecule has 0 radical (unpaired) electrons. The van der Waals surface area contributed by atoms with Gasteiger partial charge in [0, 0.05) is 6.54 Å². The first kappa shape index (κ1) is 18.3. The van der Waals surface area contributed by atoms with Crippen LogP contribution in [0.4, 0.5) is 5.69 Å². The average molecular weight is 367 g/mol. The van der Waals surface area contributed by atoms with E-state index in [0.29, 0.717) is 0 Å². The van der Waals surface area contributed by atoms with E-state index < -0.39 is 30.2 Å². The van der Waals surface area contributed by atoms with Gasteiger partial charge in [0.2, 0.25) is 5.91 Å². The van der Waals surface area contributed by atoms with Crippen LogP contribution in [0.15, 0.2) is 48.5 Å². The maximum atomic E-state index is 12.4. The molecule has 0 bridgehead atoms. The molecule has 0 fully saturated rings. The van der Waals surface area contributed by atoms with Crippen LogP contribution in [0, 0.1) is 0 Å². The predicted octanol–water partition coefficient (Wildman–Crippen LogP) is 0.643. The summed E-state index contributed by atoms with van der Waals surface area (Å²) in [5.41, 5.74) is 0.981. The molecule has 2 aromatic carbocycles. The number of nitrogens with zero attached hydrogens (tertiary/aromatic N) is 1. The van der Waals surface area contributed by atoms with Gasteiger partial charge < -0.3 is 15.7 Å². The third kappa shape index (κ3) is 3.70. The van der Waals surface area contributed by atoms with Crippen molar-refractivity contribution < 1.29 is 24.3 Å². The molecule has 0 spiro atoms. The topological polar surface area (TPSA) is 116 Å². The van der Waals surface area contributed by atoms with E-state index in [4.69, 9.17) is 5.11 Å². The van der Waals surface area contributed by atoms with Gasteiger partial charge in [0.25, 0.3) is 17.7 Å². The van der Waals surface area contributed by atoms with Gasteiger partial charge in [-0.3, -0.25) is 24.1 Å². The molecule has 1 aliphatic heterocycles. The summed E-state index contributed by atoms with van der Waals surface area (Å²) in [7, 11) is 0. The van der Waals surface area contributed by atoms with Gasteiger partial charge in [-0.15, -0.1) is 0 Å². The zero-order valence-electron chi connectivity index (χ0n) is 14.3. The highest BCUT2D eigenvalue weighted by molar-refractivity contribution is 6.22. The number of hydrogen-bond acceptors (Lipinski definition) is 5. The van der Waals surface area contributed by atoms with E-state index in [1.54, 1.807) is 24.3 Å². The number of benzene rings is 2. The van der Waals surface area contributed by atoms with Crippen LogP contribution in [-0.2, 0) is 4.79 Å². The van der Waals surface area contributed by atoms with Crippen LogP contribution in [0.25, 0.3) is 0 Å². The number of amides is 4. The maximum absolute atomic E-state index is 12.4. The normalized spacial score (nSPS) is 12.7. The number of anilines is 1. The van der Waals surface area contributed by atoms with E-state index in [0.717, 1.165) is 4.90 Å². The number of carbonyl (C=O) groups is 4. The van der Waals surface area contributed by atoms with Gasteiger partial charge in [-0.05, 0) is 24.3 Å². The highest BCUT2D eigenvalue weighted by Gasteiger charge is 2.36. The second-order valence-electron chi connectivity index (χ2n) is 5.82. The summed E-state index contributed by atoms with van der Waals surface area (Å²) in [6.45, 7) is -0.588. The smallest absolute Gasteiger partial charge is 0.262 e. The Morgan fingerprint density at radius 2 is 1.52 bits per heavy atom. The zero-order chi connectivity index (χ0) is 19.4. The van der Waals surface area contributed by atoms with Crippen molar-refractivity contribution in [1.82, 2.24) is 10.2 Å². The van der Waals surface area contributed by atoms with E-state index in [2.05, 4.69) is 10.6 Å². The number of carbonyl (C=O) groups excluding carboxylic acids is 4. The van der Waals surface area contributed by atoms with Gasteiger partial charge >= 0.3 is 0 Å². The molecule has 0 atom stereocenters. The number of fused-ring (bicyclic) bond motifs is 1. The van der Waals surface area contributed by atoms with Crippen molar-refractivity contribution in [1.29, 1.82) is 0 Å². The van der Waals surface area contributed by atoms with Crippen LogP contribution >= 0.6 is 0 Å². The summed E-state index contributed by atoms with van der Waals surface area (Å²) in [5.74, 6) is -2.12. The van der Waals surface area contributed by atoms with Crippen molar-refractivity contribution in [3.05, 3.63) is 65.2 Å². The molecule has 8 nitrogen and oxygen atoms in total. The molecule has 27 heavy (non-hydrogen) atoms. The van der Waals surface area contributed by atoms with Crippen molar-refractivity contribution >= 4 is 29.3 Å². The molecule has 2 aromatic rings. The first-order valence-electron chi connectivity index (χ1n) is 8.26. The maximum Gasteiger partial charge on any atom is 0.262 e. The Morgan fingerprint density at radius 1 is 0.926 bits per heavy atom. The van der Waals surface area contributed by atoms with E-state index in [1.807, 2.05) is 0 Å². The fourth-order valence-corrected chi connectivity index (χ4v) is 2.77. The van der Waals surface area contributed by atoms with E-state index >= 15 is 0 Å². The lowest BCUT2D eigenvalue weighted by Crippen LogP contribution is -2.37. The number of rotatable bonds is 6. The van der Waals surface area contributed by atoms with Crippen molar-refractivity contribution in [2.24, 2.45) is 0 Å². The molecule has 1 aliphatic rings. The molecule has 0 aromatic heterocycles. The fraction of sp³-hybridized carbons (Fsp3) is 0.158. The number of imide groups is 1. The number of aliphatic hydroxyl groups is 1. The molecule has 8 heteroatoms. The number of nitrogens with one attached hydrogen (secondary N) is 2. The fourth-order valence-electron chi connectivity index (χ4n) is 2.77. The predicted molar refractivity (Wildman–Crippen MR) is 96.3 cm³/mol. The van der Waals surface area contributed by atoms with E-state index in [1.165, 1.54) is 24.3 Å². The quantitative estimate of drug-likeness (QED) is 0.648. The van der Waals surface area contributed by atoms with Gasteiger partial charge in [0.15, 0.2) is 0 Å². The Kier molecular flexibility index (Phi) is 5.28. The molecule has 3 rings (SSSR count). The van der Waals surface area contributed by atoms with Crippen LogP contribution in [-0.4, -0.2) is 53.3 Å². The highest BCUT2D eigenvalue weighted by atomic mass is 16.3. The minimum Gasteiger partial charge on any atom is -0.395 e. The molecule has 0 aliphatic carbocycles. The number of para-hydroxylation sites is 1. The second-order valence-corrected chi connectivity index (χ2v) is 5.82. The summed E-state index contributed by atoms with van der Waals surface area (Å²) < 4.78 is 0. The lowest BCUT2D eigenvalue weighted by molar-refractivity contribution is -0.116. The SMILES string of the molecule is O=C(CN1C(=O)c2ccccc2C1=O)Nc1ccccc1C(=O)NCCO. The second kappa shape index (κ2) is 7.79. The molecule has 0 unspecified atom stereocenters. The van der Waals surface area contributed by atoms with Crippen LogP contribution in [0.5, 0.6) is 0 Å². The molecular formula is C19H17N3O5. The van der Waals surface area contributed by atoms with Gasteiger partial charge in [0.05, 0.1) is 29.0 Å². The lowest BCUT2D eigenvalue weighted by atomic mass is 10.1. The molecule has 4 amide bonds. The minimum atomic E-state index is -0.605. The summed E-state index contributed by atoms with van der Waals surface area (Å²) in [6.07, 6.45) is 0. The summed E-state index contributed by atoms with van der Waals surface area (Å²) in [5, 5.41) is 13.9. The van der Waals surface area contributed by atoms with Gasteiger partial charge in [-0.2, -0.15) is 0 Å². The molecule has 3 N–H and O–H groups in total. The van der Waals surface area contributed by atoms with Crippen molar-refractivity contribution in [3.8, 4) is 0 Å². The molecule has 0 saturated heterocycles. The standard InChI is InChI=1S/C19H17N3O5/c23-10-9-20-17(25)14-7-3-4-8-15(14)21-16(24)11-22-18(26)12-5-1-2-6-13(12)19(22)27/h1-8,23H,9-11H2,(H,20,25)(H,21,24). The Morgan fingerprint density at radius 3 is 2.15 bits per heavy atom. The van der Waals surface area contributed by atoms with Gasteiger partial charge in [0.1, 0.15) is 6.54 Å². The molecule has 138 valence electrons. The van der Waals surface area contributed by atoms with Crippen LogP contribution < -0.4 is 10.6 Å². The largest absolute Gasteiger partial charge is 0.395 e.